The summed E-state index contributed by atoms with van der Waals surface area (Å²) >= 11 is 0. The average Bonchev–Trinajstić information content (AvgIpc) is 3.43. The Morgan fingerprint density at radius 3 is 2.67 bits per heavy atom. The third-order valence-electron chi connectivity index (χ3n) is 5.89. The molecule has 4 aromatic heterocycles. The number of hydrogen-bond acceptors (Lipinski definition) is 5. The summed E-state index contributed by atoms with van der Waals surface area (Å²) in [6, 6.07) is 2.25. The summed E-state index contributed by atoms with van der Waals surface area (Å²) < 4.78 is 40.0. The van der Waals surface area contributed by atoms with Crippen molar-refractivity contribution in [2.75, 3.05) is 0 Å². The van der Waals surface area contributed by atoms with E-state index in [0.29, 0.717) is 23.9 Å². The SMILES string of the molecule is C[C@@H]1C[C@H](NCc2cnc(C(F)(F)F)nc2)C[C@@H]1c1cnc2cnc3[nH]ccc3n12. The third kappa shape index (κ3) is 3.30. The molecule has 1 fully saturated rings. The van der Waals surface area contributed by atoms with Gasteiger partial charge < -0.3 is 10.3 Å². The van der Waals surface area contributed by atoms with Gasteiger partial charge in [0.05, 0.1) is 11.7 Å². The number of hydrogen-bond donors (Lipinski definition) is 2. The molecular formula is C20H20F3N7. The Balaban J connectivity index is 1.31. The Hall–Kier alpha value is -3.01. The predicted molar refractivity (Wildman–Crippen MR) is 104 cm³/mol. The second kappa shape index (κ2) is 7.05. The van der Waals surface area contributed by atoms with Crippen molar-refractivity contribution < 1.29 is 13.2 Å². The Morgan fingerprint density at radius 1 is 1.10 bits per heavy atom. The number of imidazole rings is 1. The highest BCUT2D eigenvalue weighted by molar-refractivity contribution is 5.74. The topological polar surface area (TPSA) is 83.8 Å². The molecule has 1 aliphatic carbocycles. The van der Waals surface area contributed by atoms with Gasteiger partial charge in [-0.15, -0.1) is 0 Å². The van der Waals surface area contributed by atoms with Crippen LogP contribution in [-0.4, -0.2) is 35.4 Å². The number of alkyl halides is 3. The molecule has 0 radical (unpaired) electrons. The quantitative estimate of drug-likeness (QED) is 0.531. The van der Waals surface area contributed by atoms with Crippen LogP contribution < -0.4 is 5.32 Å². The molecule has 3 atom stereocenters. The van der Waals surface area contributed by atoms with Gasteiger partial charge in [-0.25, -0.2) is 19.9 Å². The second-order valence-corrected chi connectivity index (χ2v) is 7.89. The highest BCUT2D eigenvalue weighted by atomic mass is 19.4. The van der Waals surface area contributed by atoms with E-state index in [1.54, 1.807) is 6.20 Å². The molecule has 0 saturated heterocycles. The zero-order chi connectivity index (χ0) is 20.9. The summed E-state index contributed by atoms with van der Waals surface area (Å²) in [6.07, 6.45) is 5.41. The molecule has 0 amide bonds. The van der Waals surface area contributed by atoms with Crippen LogP contribution in [0.2, 0.25) is 0 Å². The molecular weight excluding hydrogens is 395 g/mol. The van der Waals surface area contributed by atoms with Gasteiger partial charge in [0.15, 0.2) is 11.3 Å². The van der Waals surface area contributed by atoms with Crippen LogP contribution in [0.3, 0.4) is 0 Å². The molecule has 1 saturated carbocycles. The number of rotatable bonds is 4. The Morgan fingerprint density at radius 2 is 1.90 bits per heavy atom. The highest BCUT2D eigenvalue weighted by Crippen LogP contribution is 2.40. The van der Waals surface area contributed by atoms with Crippen LogP contribution in [0.1, 0.15) is 42.8 Å². The van der Waals surface area contributed by atoms with Crippen LogP contribution in [0, 0.1) is 5.92 Å². The summed E-state index contributed by atoms with van der Waals surface area (Å²) in [5.41, 5.74) is 4.44. The van der Waals surface area contributed by atoms with Crippen molar-refractivity contribution in [3.05, 3.63) is 54.1 Å². The zero-order valence-corrected chi connectivity index (χ0v) is 16.2. The molecule has 156 valence electrons. The number of nitrogens with one attached hydrogen (secondary N) is 2. The van der Waals surface area contributed by atoms with Gasteiger partial charge in [-0.3, -0.25) is 4.40 Å². The van der Waals surface area contributed by atoms with E-state index in [1.807, 2.05) is 18.5 Å². The Bertz CT molecular complexity index is 1180. The number of aromatic amines is 1. The smallest absolute Gasteiger partial charge is 0.345 e. The fraction of sp³-hybridized carbons (Fsp3) is 0.400. The van der Waals surface area contributed by atoms with Gasteiger partial charge in [-0.1, -0.05) is 6.92 Å². The number of fused-ring (bicyclic) bond motifs is 3. The van der Waals surface area contributed by atoms with Crippen LogP contribution in [-0.2, 0) is 12.7 Å². The first-order valence-corrected chi connectivity index (χ1v) is 9.81. The van der Waals surface area contributed by atoms with E-state index in [1.165, 1.54) is 12.4 Å². The van der Waals surface area contributed by atoms with Crippen molar-refractivity contribution in [1.29, 1.82) is 0 Å². The molecule has 0 aromatic carbocycles. The minimum absolute atomic E-state index is 0.251. The standard InChI is InChI=1S/C20H20F3N7/c1-11-4-13(25-6-12-7-28-19(29-8-12)20(21,22)23)5-14(11)16-9-26-17-10-27-18-15(30(16)17)2-3-24-18/h2-3,7-11,13-14,24-25H,4-6H2,1H3/t11-,13+,14+/m1/s1. The average molecular weight is 415 g/mol. The number of halogens is 3. The lowest BCUT2D eigenvalue weighted by atomic mass is 9.95. The summed E-state index contributed by atoms with van der Waals surface area (Å²) in [5.74, 6) is -0.353. The molecule has 30 heavy (non-hydrogen) atoms. The van der Waals surface area contributed by atoms with Gasteiger partial charge in [-0.2, -0.15) is 13.2 Å². The first-order valence-electron chi connectivity index (χ1n) is 9.81. The minimum Gasteiger partial charge on any atom is -0.345 e. The highest BCUT2D eigenvalue weighted by Gasteiger charge is 2.35. The lowest BCUT2D eigenvalue weighted by Crippen LogP contribution is -2.26. The second-order valence-electron chi connectivity index (χ2n) is 7.89. The van der Waals surface area contributed by atoms with Gasteiger partial charge in [0.25, 0.3) is 0 Å². The van der Waals surface area contributed by atoms with E-state index in [4.69, 9.17) is 0 Å². The molecule has 0 aliphatic heterocycles. The zero-order valence-electron chi connectivity index (χ0n) is 16.2. The third-order valence-corrected chi connectivity index (χ3v) is 5.89. The van der Waals surface area contributed by atoms with E-state index in [-0.39, 0.29) is 6.04 Å². The summed E-state index contributed by atoms with van der Waals surface area (Å²) in [5, 5.41) is 3.45. The number of nitrogens with zero attached hydrogens (tertiary/aromatic N) is 5. The molecule has 5 rings (SSSR count). The largest absolute Gasteiger partial charge is 0.451 e. The minimum atomic E-state index is -4.52. The maximum absolute atomic E-state index is 12.6. The molecule has 10 heteroatoms. The number of aromatic nitrogens is 6. The van der Waals surface area contributed by atoms with Gasteiger partial charge >= 0.3 is 6.18 Å². The maximum atomic E-state index is 12.6. The van der Waals surface area contributed by atoms with E-state index >= 15 is 0 Å². The summed E-state index contributed by atoms with van der Waals surface area (Å²) in [6.45, 7) is 2.66. The van der Waals surface area contributed by atoms with E-state index in [2.05, 4.69) is 41.6 Å². The maximum Gasteiger partial charge on any atom is 0.451 e. The van der Waals surface area contributed by atoms with E-state index < -0.39 is 12.0 Å². The molecule has 0 unspecified atom stereocenters. The molecule has 4 aromatic rings. The summed E-state index contributed by atoms with van der Waals surface area (Å²) in [7, 11) is 0. The van der Waals surface area contributed by atoms with Gasteiger partial charge in [0.2, 0.25) is 5.82 Å². The van der Waals surface area contributed by atoms with Crippen LogP contribution in [0.5, 0.6) is 0 Å². The lowest BCUT2D eigenvalue weighted by molar-refractivity contribution is -0.145. The van der Waals surface area contributed by atoms with Crippen molar-refractivity contribution >= 4 is 16.8 Å². The first-order chi connectivity index (χ1) is 14.4. The first kappa shape index (κ1) is 19.0. The predicted octanol–water partition coefficient (Wildman–Crippen LogP) is 3.69. The Kier molecular flexibility index (Phi) is 4.46. The number of H-pyrrole nitrogens is 1. The van der Waals surface area contributed by atoms with Crippen LogP contribution in [0.4, 0.5) is 13.2 Å². The molecule has 0 bridgehead atoms. The monoisotopic (exact) mass is 415 g/mol. The van der Waals surface area contributed by atoms with Crippen LogP contribution in [0.15, 0.2) is 37.1 Å². The van der Waals surface area contributed by atoms with Crippen LogP contribution in [0.25, 0.3) is 16.8 Å². The molecule has 7 nitrogen and oxygen atoms in total. The van der Waals surface area contributed by atoms with E-state index in [0.717, 1.165) is 35.3 Å². The molecule has 4 heterocycles. The Labute approximate surface area is 169 Å². The van der Waals surface area contributed by atoms with Crippen LogP contribution >= 0.6 is 0 Å². The lowest BCUT2D eigenvalue weighted by Gasteiger charge is -2.15. The summed E-state index contributed by atoms with van der Waals surface area (Å²) in [4.78, 5) is 18.9. The van der Waals surface area contributed by atoms with Crippen molar-refractivity contribution in [3.8, 4) is 0 Å². The van der Waals surface area contributed by atoms with E-state index in [9.17, 15) is 13.2 Å². The van der Waals surface area contributed by atoms with Crippen molar-refractivity contribution in [2.24, 2.45) is 5.92 Å². The molecule has 0 spiro atoms. The fourth-order valence-electron chi connectivity index (χ4n) is 4.44. The van der Waals surface area contributed by atoms with Crippen molar-refractivity contribution in [3.63, 3.8) is 0 Å². The molecule has 2 N–H and O–H groups in total. The molecule has 1 aliphatic rings. The normalized spacial score (nSPS) is 22.3. The van der Waals surface area contributed by atoms with Gasteiger partial charge in [-0.05, 0) is 24.8 Å². The fourth-order valence-corrected chi connectivity index (χ4v) is 4.44. The van der Waals surface area contributed by atoms with Crippen molar-refractivity contribution in [1.82, 2.24) is 34.6 Å². The van der Waals surface area contributed by atoms with Gasteiger partial charge in [0, 0.05) is 54.5 Å². The van der Waals surface area contributed by atoms with Crippen molar-refractivity contribution in [2.45, 2.75) is 44.4 Å². The van der Waals surface area contributed by atoms with Gasteiger partial charge in [0.1, 0.15) is 0 Å².